The van der Waals surface area contributed by atoms with Crippen LogP contribution in [0.1, 0.15) is 396 Å². The van der Waals surface area contributed by atoms with Crippen LogP contribution in [0.3, 0.4) is 0 Å². The first kappa shape index (κ1) is 116. The second-order valence-electron chi connectivity index (χ2n) is 51.7. The highest BCUT2D eigenvalue weighted by molar-refractivity contribution is 7.42. The zero-order valence-corrected chi connectivity index (χ0v) is 99.3. The zero-order chi connectivity index (χ0) is 108. The Balaban J connectivity index is 0.000000185. The minimum atomic E-state index is -2.63. The van der Waals surface area contributed by atoms with Crippen LogP contribution in [0.5, 0.6) is 46.0 Å². The van der Waals surface area contributed by atoms with Gasteiger partial charge in [-0.3, -0.25) is 0 Å². The first-order valence-electron chi connectivity index (χ1n) is 49.8. The van der Waals surface area contributed by atoms with Gasteiger partial charge in [0.1, 0.15) is 68.3 Å². The molecular weight excluding hydrogens is 1900 g/mol. The number of hydrogen-bond donors (Lipinski definition) is 0. The molecule has 0 spiro atoms. The van der Waals surface area contributed by atoms with Gasteiger partial charge in [-0.15, -0.1) is 21.0 Å². The summed E-state index contributed by atoms with van der Waals surface area (Å²) in [6, 6.07) is 41.5. The molecule has 0 fully saturated rings. The summed E-state index contributed by atoms with van der Waals surface area (Å²) in [4.78, 5) is 0. The van der Waals surface area contributed by atoms with Crippen molar-refractivity contribution in [1.82, 2.24) is 0 Å². The summed E-state index contributed by atoms with van der Waals surface area (Å²) < 4.78 is 144. The Kier molecular flexibility index (Phi) is 34.6. The lowest BCUT2D eigenvalue weighted by Crippen LogP contribution is -2.22. The number of benzene rings is 10. The fourth-order valence-electron chi connectivity index (χ4n) is 18.2. The molecule has 0 radical (unpaired) electrons. The van der Waals surface area contributed by atoms with E-state index in [2.05, 4.69) is 343 Å². The summed E-state index contributed by atoms with van der Waals surface area (Å²) in [6.45, 7) is 95.7. The summed E-state index contributed by atoms with van der Waals surface area (Å²) in [7, 11) is -9.68. The van der Waals surface area contributed by atoms with Crippen LogP contribution in [0.2, 0.25) is 0 Å². The number of methoxy groups -OCH3 is 2. The minimum absolute atomic E-state index is 0.0134. The van der Waals surface area contributed by atoms with Crippen molar-refractivity contribution in [3.05, 3.63) is 255 Å². The third-order valence-electron chi connectivity index (χ3n) is 26.3. The molecule has 0 saturated heterocycles. The van der Waals surface area contributed by atoms with Crippen molar-refractivity contribution in [2.75, 3.05) is 14.2 Å². The normalized spacial score (nSPS) is 14.7. The van der Waals surface area contributed by atoms with Crippen LogP contribution in [0.15, 0.2) is 138 Å². The number of rotatable bonds is 6. The maximum absolute atomic E-state index is 15.5. The fourth-order valence-corrected chi connectivity index (χ4v) is 22.0. The van der Waals surface area contributed by atoms with Crippen LogP contribution in [-0.2, 0) is 71.4 Å². The van der Waals surface area contributed by atoms with Gasteiger partial charge in [0.2, 0.25) is 0 Å². The van der Waals surface area contributed by atoms with E-state index in [1.54, 1.807) is 14.2 Å². The molecule has 780 valence electrons. The Morgan fingerprint density at radius 2 is 0.497 bits per heavy atom. The number of aryl methyl sites for hydroxylation is 8. The van der Waals surface area contributed by atoms with Crippen molar-refractivity contribution >= 4 is 86.6 Å². The zero-order valence-electron chi connectivity index (χ0n) is 94.9. The van der Waals surface area contributed by atoms with Gasteiger partial charge in [0.15, 0.2) is 0 Å². The standard InChI is InChI=1S/C30H44FO2P.C28H40FO2P.C23H30FO2P.C22H28FO4P.C18H22FO2P/c1-18-21-14-19(27(2,3)4)16-23(29(8,9)10)25(21)32-34(31)33-26-22(18)15-20(28(5,6)7)17-24(26)30(11,12)13;1-25(2,3)17-13-19-20-14-18(26(4,5)6)16-22(28(10,11)12)24(20)31-32(29)30-23(19)21(15-17)27(7,8)9;1-14-9-16-13-17-10-15(2)12-19(23(6,7)8)21(17)26-27(24)25-20(16)18(11-14)22(3,4)5;1-21(2,3)17-11-13(24-7)9-15-16-10-14(25-8)12-18(22(4,5)6)20(16)27-28(23)26-19(15)17;1-11-7-13(3)17(14(4)8-11)20-22(19)21-18-15(5)9-12(2)10-16(18)6/h14-18H,1-13H3;13-16H,1-12H3;9-12H,13H2,1-8H3;9-12H,1-8H3;7-10H,1-6H3. The predicted octanol–water partition coefficient (Wildman–Crippen LogP) is 41.5. The molecule has 0 N–H and O–H groups in total. The van der Waals surface area contributed by atoms with Gasteiger partial charge in [-0.25, -0.2) is 0 Å². The van der Waals surface area contributed by atoms with Gasteiger partial charge in [0, 0.05) is 89.5 Å². The maximum atomic E-state index is 15.5. The Hall–Kier alpha value is -8.66. The quantitative estimate of drug-likeness (QED) is 0.116. The highest BCUT2D eigenvalue weighted by atomic mass is 31.2. The molecule has 0 aliphatic carbocycles. The van der Waals surface area contributed by atoms with E-state index in [-0.39, 0.29) is 70.9 Å². The highest BCUT2D eigenvalue weighted by Crippen LogP contribution is 2.59. The lowest BCUT2D eigenvalue weighted by Gasteiger charge is -2.35. The average Bonchev–Trinajstić information content (AvgIpc) is 1.61. The van der Waals surface area contributed by atoms with E-state index >= 15 is 8.39 Å². The van der Waals surface area contributed by atoms with Gasteiger partial charge in [-0.1, -0.05) is 363 Å². The van der Waals surface area contributed by atoms with Crippen LogP contribution < -0.4 is 36.6 Å². The Morgan fingerprint density at radius 3 is 0.748 bits per heavy atom. The van der Waals surface area contributed by atoms with Crippen LogP contribution >= 0.6 is 42.7 Å². The molecule has 2 aliphatic rings. The molecule has 22 heteroatoms. The van der Waals surface area contributed by atoms with E-state index in [9.17, 15) is 12.6 Å². The summed E-state index contributed by atoms with van der Waals surface area (Å²) >= 11 is 0. The largest absolute Gasteiger partial charge is 0.505 e. The third-order valence-corrected chi connectivity index (χ3v) is 29.6. The van der Waals surface area contributed by atoms with Gasteiger partial charge < -0.3 is 53.4 Å². The second kappa shape index (κ2) is 42.5. The monoisotopic (exact) mass is 2060 g/mol. The molecule has 2 aliphatic heterocycles. The first-order chi connectivity index (χ1) is 65.1. The van der Waals surface area contributed by atoms with E-state index in [1.165, 1.54) is 22.3 Å². The first-order valence-corrected chi connectivity index (χ1v) is 55.2. The molecule has 0 amide bonds. The fraction of sp³-hybridized carbons (Fsp3) is 0.504. The lowest BCUT2D eigenvalue weighted by atomic mass is 9.74. The molecule has 143 heavy (non-hydrogen) atoms. The minimum Gasteiger partial charge on any atom is -0.497 e. The van der Waals surface area contributed by atoms with Crippen molar-refractivity contribution in [2.45, 2.75) is 389 Å². The number of fused-ring (bicyclic) bond motifs is 10. The van der Waals surface area contributed by atoms with E-state index < -0.39 is 42.7 Å². The molecule has 0 unspecified atom stereocenters. The Morgan fingerprint density at radius 1 is 0.273 bits per heavy atom. The van der Waals surface area contributed by atoms with Crippen molar-refractivity contribution in [1.29, 1.82) is 0 Å². The summed E-state index contributed by atoms with van der Waals surface area (Å²) in [6.07, 6.45) is 0.670. The van der Waals surface area contributed by atoms with Gasteiger partial charge in [0.05, 0.1) is 14.2 Å². The molecule has 0 bridgehead atoms. The third kappa shape index (κ3) is 27.9. The van der Waals surface area contributed by atoms with Crippen molar-refractivity contribution in [3.8, 4) is 46.0 Å². The Labute approximate surface area is 859 Å². The van der Waals surface area contributed by atoms with Crippen molar-refractivity contribution < 1.29 is 74.4 Å². The summed E-state index contributed by atoms with van der Waals surface area (Å²) in [5.74, 6) is 5.07. The van der Waals surface area contributed by atoms with E-state index in [4.69, 9.17) is 53.4 Å². The molecular formula is C121H164F5O12P5. The Bertz CT molecular complexity index is 6360. The average molecular weight is 2060 g/mol. The number of hydrogen-bond acceptors (Lipinski definition) is 12. The molecule has 10 aromatic carbocycles. The van der Waals surface area contributed by atoms with Gasteiger partial charge >= 0.3 is 42.7 Å². The van der Waals surface area contributed by atoms with Crippen molar-refractivity contribution in [2.24, 2.45) is 0 Å². The van der Waals surface area contributed by atoms with Crippen LogP contribution in [-0.4, -0.2) is 14.2 Å². The molecule has 12 aromatic rings. The van der Waals surface area contributed by atoms with Crippen LogP contribution in [0.4, 0.5) is 21.0 Å². The van der Waals surface area contributed by atoms with E-state index in [1.807, 2.05) is 90.1 Å². The summed E-state index contributed by atoms with van der Waals surface area (Å²) in [5.41, 5.74) is 25.5. The maximum Gasteiger partial charge on any atom is 0.505 e. The summed E-state index contributed by atoms with van der Waals surface area (Å²) in [5, 5.41) is 3.34. The highest BCUT2D eigenvalue weighted by Gasteiger charge is 2.41. The van der Waals surface area contributed by atoms with Gasteiger partial charge in [0.25, 0.3) is 0 Å². The molecule has 2 aromatic heterocycles. The van der Waals surface area contributed by atoms with Gasteiger partial charge in [-0.2, -0.15) is 0 Å². The second-order valence-corrected chi connectivity index (χ2v) is 55.7. The van der Waals surface area contributed by atoms with Crippen LogP contribution in [0, 0.1) is 55.4 Å². The lowest BCUT2D eigenvalue weighted by molar-refractivity contribution is 0.404. The van der Waals surface area contributed by atoms with Gasteiger partial charge in [-0.05, 0) is 212 Å². The van der Waals surface area contributed by atoms with Crippen LogP contribution in [0.25, 0.3) is 43.9 Å². The van der Waals surface area contributed by atoms with Crippen molar-refractivity contribution in [3.63, 3.8) is 0 Å². The predicted molar refractivity (Wildman–Crippen MR) is 598 cm³/mol. The molecule has 0 atom stereocenters. The number of ether oxygens (including phenoxy) is 2. The smallest absolute Gasteiger partial charge is 0.497 e. The molecule has 12 nitrogen and oxygen atoms in total. The molecule has 0 saturated carbocycles. The SMILES string of the molecule is CC(C)(C)c1cc(C(C)(C)C)c2op(F)oc3c(C(C)(C)C)cc(C(C)(C)C)cc3c2c1.CC1c2cc(C(C)(C)C)cc(C(C)(C)C)c2OP(F)Oc2c1cc(C(C)(C)C)cc2C(C)(C)C.COc1cc(C(C)(C)C)c2op(F)oc3c(C(C)(C)C)cc(OC)cc3c2c1.Cc1cc(C)c(OP(F)Oc2c(C)cc(C)cc2C)c(C)c1.Cc1cc2c(c(C(C)(C)C)c1)OP(F)Oc1c(cc(C)cc1C(C)(C)C)C2. The molecule has 14 rings (SSSR count). The van der Waals surface area contributed by atoms with E-state index in [0.29, 0.717) is 74.7 Å². The number of halogens is 5. The topological polar surface area (TPSA) is 126 Å². The van der Waals surface area contributed by atoms with E-state index in [0.717, 1.165) is 133 Å². The molecule has 4 heterocycles.